The molecule has 2 amide bonds. The van der Waals surface area contributed by atoms with Crippen molar-refractivity contribution in [3.8, 4) is 0 Å². The van der Waals surface area contributed by atoms with Crippen LogP contribution < -0.4 is 11.1 Å². The number of nitrogens with two attached hydrogens (primary N) is 1. The van der Waals surface area contributed by atoms with Gasteiger partial charge in [0.1, 0.15) is 5.58 Å². The molecule has 0 aliphatic carbocycles. The zero-order valence-electron chi connectivity index (χ0n) is 14.3. The quantitative estimate of drug-likeness (QED) is 0.751. The van der Waals surface area contributed by atoms with Crippen LogP contribution in [-0.2, 0) is 17.8 Å². The van der Waals surface area contributed by atoms with Crippen LogP contribution >= 0.6 is 0 Å². The zero-order chi connectivity index (χ0) is 18.0. The lowest BCUT2D eigenvalue weighted by Crippen LogP contribution is -2.24. The van der Waals surface area contributed by atoms with E-state index in [1.807, 2.05) is 32.0 Å². The van der Waals surface area contributed by atoms with Crippen molar-refractivity contribution in [2.75, 3.05) is 0 Å². The van der Waals surface area contributed by atoms with Crippen molar-refractivity contribution in [2.24, 2.45) is 5.73 Å². The van der Waals surface area contributed by atoms with Crippen LogP contribution in [-0.4, -0.2) is 11.8 Å². The number of nitrogens with one attached hydrogen (secondary N) is 1. The van der Waals surface area contributed by atoms with Crippen LogP contribution in [0.3, 0.4) is 0 Å². The molecule has 5 nitrogen and oxygen atoms in total. The highest BCUT2D eigenvalue weighted by Crippen LogP contribution is 2.25. The summed E-state index contributed by atoms with van der Waals surface area (Å²) < 4.78 is 5.56. The first-order chi connectivity index (χ1) is 11.9. The number of aryl methyl sites for hydroxylation is 2. The predicted octanol–water partition coefficient (Wildman–Crippen LogP) is 3.01. The van der Waals surface area contributed by atoms with Gasteiger partial charge in [-0.25, -0.2) is 0 Å². The van der Waals surface area contributed by atoms with Crippen molar-refractivity contribution < 1.29 is 14.0 Å². The van der Waals surface area contributed by atoms with Crippen LogP contribution in [0, 0.1) is 13.8 Å². The molecule has 5 heteroatoms. The van der Waals surface area contributed by atoms with Crippen molar-refractivity contribution in [1.82, 2.24) is 5.32 Å². The minimum Gasteiger partial charge on any atom is -0.464 e. The van der Waals surface area contributed by atoms with Gasteiger partial charge in [-0.05, 0) is 54.8 Å². The molecule has 0 saturated heterocycles. The lowest BCUT2D eigenvalue weighted by Gasteiger charge is -2.06. The van der Waals surface area contributed by atoms with Crippen molar-refractivity contribution in [3.63, 3.8) is 0 Å². The van der Waals surface area contributed by atoms with Gasteiger partial charge in [-0.3, -0.25) is 9.59 Å². The highest BCUT2D eigenvalue weighted by molar-refractivity contribution is 5.93. The Kier molecular flexibility index (Phi) is 4.57. The summed E-state index contributed by atoms with van der Waals surface area (Å²) in [6.07, 6.45) is 1.88. The Hall–Kier alpha value is -3.08. The van der Waals surface area contributed by atoms with E-state index in [0.717, 1.165) is 27.7 Å². The Morgan fingerprint density at radius 1 is 1.12 bits per heavy atom. The van der Waals surface area contributed by atoms with Crippen molar-refractivity contribution >= 4 is 22.8 Å². The van der Waals surface area contributed by atoms with E-state index < -0.39 is 5.91 Å². The third-order valence-corrected chi connectivity index (χ3v) is 4.32. The van der Waals surface area contributed by atoms with Crippen LogP contribution in [0.25, 0.3) is 11.0 Å². The largest absolute Gasteiger partial charge is 0.464 e. The average Bonchev–Trinajstić information content (AvgIpc) is 2.95. The molecular weight excluding hydrogens is 316 g/mol. The monoisotopic (exact) mass is 336 g/mol. The van der Waals surface area contributed by atoms with Gasteiger partial charge in [0.2, 0.25) is 11.8 Å². The van der Waals surface area contributed by atoms with Crippen LogP contribution in [0.2, 0.25) is 0 Å². The number of rotatable bonds is 5. The maximum absolute atomic E-state index is 12.3. The lowest BCUT2D eigenvalue weighted by molar-refractivity contribution is -0.120. The van der Waals surface area contributed by atoms with Crippen LogP contribution in [0.1, 0.15) is 32.6 Å². The lowest BCUT2D eigenvalue weighted by atomic mass is 10.0. The zero-order valence-corrected chi connectivity index (χ0v) is 14.3. The Bertz CT molecular complexity index is 957. The summed E-state index contributed by atoms with van der Waals surface area (Å²) >= 11 is 0. The summed E-state index contributed by atoms with van der Waals surface area (Å²) in [7, 11) is 0. The fourth-order valence-corrected chi connectivity index (χ4v) is 2.74. The molecule has 1 aromatic heterocycles. The molecule has 0 atom stereocenters. The molecule has 0 radical (unpaired) electrons. The van der Waals surface area contributed by atoms with E-state index in [2.05, 4.69) is 5.32 Å². The van der Waals surface area contributed by atoms with Crippen LogP contribution in [0.5, 0.6) is 0 Å². The molecule has 3 N–H and O–H groups in total. The first kappa shape index (κ1) is 16.8. The average molecular weight is 336 g/mol. The molecule has 1 heterocycles. The van der Waals surface area contributed by atoms with E-state index in [0.29, 0.717) is 12.1 Å². The van der Waals surface area contributed by atoms with Crippen molar-refractivity contribution in [2.45, 2.75) is 26.8 Å². The predicted molar refractivity (Wildman–Crippen MR) is 96.2 cm³/mol. The fourth-order valence-electron chi connectivity index (χ4n) is 2.74. The van der Waals surface area contributed by atoms with E-state index in [4.69, 9.17) is 10.2 Å². The Labute approximate surface area is 145 Å². The fraction of sp³-hybridized carbons (Fsp3) is 0.200. The SMILES string of the molecule is Cc1cc2occ(CC(=O)NCc3cccc(C(N)=O)c3)c2cc1C. The second-order valence-electron chi connectivity index (χ2n) is 6.21. The van der Waals surface area contributed by atoms with Gasteiger partial charge in [0.05, 0.1) is 12.7 Å². The number of amides is 2. The maximum atomic E-state index is 12.3. The van der Waals surface area contributed by atoms with Crippen LogP contribution in [0.4, 0.5) is 0 Å². The molecule has 0 saturated carbocycles. The minimum atomic E-state index is -0.483. The van der Waals surface area contributed by atoms with E-state index in [-0.39, 0.29) is 12.3 Å². The first-order valence-corrected chi connectivity index (χ1v) is 8.07. The first-order valence-electron chi connectivity index (χ1n) is 8.07. The van der Waals surface area contributed by atoms with E-state index in [1.54, 1.807) is 24.5 Å². The molecule has 2 aromatic carbocycles. The number of furan rings is 1. The maximum Gasteiger partial charge on any atom is 0.248 e. The van der Waals surface area contributed by atoms with E-state index >= 15 is 0 Å². The van der Waals surface area contributed by atoms with Gasteiger partial charge in [-0.2, -0.15) is 0 Å². The van der Waals surface area contributed by atoms with Crippen LogP contribution in [0.15, 0.2) is 47.1 Å². The normalized spacial score (nSPS) is 10.8. The number of primary amides is 1. The van der Waals surface area contributed by atoms with Gasteiger partial charge in [-0.15, -0.1) is 0 Å². The highest BCUT2D eigenvalue weighted by Gasteiger charge is 2.12. The molecule has 0 fully saturated rings. The molecule has 0 aliphatic heterocycles. The van der Waals surface area contributed by atoms with Gasteiger partial charge >= 0.3 is 0 Å². The molecule has 0 bridgehead atoms. The van der Waals surface area contributed by atoms with Crippen molar-refractivity contribution in [1.29, 1.82) is 0 Å². The molecular formula is C20H20N2O3. The van der Waals surface area contributed by atoms with E-state index in [1.165, 1.54) is 5.56 Å². The molecule has 3 rings (SSSR count). The Morgan fingerprint density at radius 2 is 1.88 bits per heavy atom. The number of carbonyl (C=O) groups is 2. The Balaban J connectivity index is 1.68. The van der Waals surface area contributed by atoms with Crippen molar-refractivity contribution in [3.05, 3.63) is 70.5 Å². The van der Waals surface area contributed by atoms with Gasteiger partial charge in [0.15, 0.2) is 0 Å². The molecule has 0 unspecified atom stereocenters. The third kappa shape index (κ3) is 3.71. The number of benzene rings is 2. The second kappa shape index (κ2) is 6.81. The molecule has 0 aliphatic rings. The topological polar surface area (TPSA) is 85.3 Å². The summed E-state index contributed by atoms with van der Waals surface area (Å²) in [4.78, 5) is 23.5. The smallest absolute Gasteiger partial charge is 0.248 e. The molecule has 128 valence electrons. The molecule has 0 spiro atoms. The second-order valence-corrected chi connectivity index (χ2v) is 6.21. The Morgan fingerprint density at radius 3 is 2.64 bits per heavy atom. The van der Waals surface area contributed by atoms with E-state index in [9.17, 15) is 9.59 Å². The summed E-state index contributed by atoms with van der Waals surface area (Å²) in [5.74, 6) is -0.589. The molecule has 25 heavy (non-hydrogen) atoms. The summed E-state index contributed by atoms with van der Waals surface area (Å²) in [5.41, 5.74) is 10.5. The number of carbonyl (C=O) groups excluding carboxylic acids is 2. The number of fused-ring (bicyclic) bond motifs is 1. The summed E-state index contributed by atoms with van der Waals surface area (Å²) in [5, 5.41) is 3.83. The molecule has 3 aromatic rings. The third-order valence-electron chi connectivity index (χ3n) is 4.32. The van der Waals surface area contributed by atoms with Gasteiger partial charge in [0.25, 0.3) is 0 Å². The summed E-state index contributed by atoms with van der Waals surface area (Å²) in [6, 6.07) is 11.0. The van der Waals surface area contributed by atoms with Gasteiger partial charge in [-0.1, -0.05) is 12.1 Å². The standard InChI is InChI=1S/C20H20N2O3/c1-12-6-17-16(11-25-18(17)7-13(12)2)9-19(23)22-10-14-4-3-5-15(8-14)20(21)24/h3-8,11H,9-10H2,1-2H3,(H2,21,24)(H,22,23). The van der Waals surface area contributed by atoms with Gasteiger partial charge in [0, 0.05) is 23.1 Å². The minimum absolute atomic E-state index is 0.106. The number of hydrogen-bond acceptors (Lipinski definition) is 3. The van der Waals surface area contributed by atoms with Gasteiger partial charge < -0.3 is 15.5 Å². The highest BCUT2D eigenvalue weighted by atomic mass is 16.3. The number of hydrogen-bond donors (Lipinski definition) is 2. The summed E-state index contributed by atoms with van der Waals surface area (Å²) in [6.45, 7) is 4.41.